The van der Waals surface area contributed by atoms with E-state index in [4.69, 9.17) is 4.74 Å². The number of hydrogen-bond acceptors (Lipinski definition) is 4. The second kappa shape index (κ2) is 7.41. The lowest BCUT2D eigenvalue weighted by molar-refractivity contribution is 0.0600. The lowest BCUT2D eigenvalue weighted by atomic mass is 10.1. The first-order chi connectivity index (χ1) is 9.74. The van der Waals surface area contributed by atoms with E-state index in [-0.39, 0.29) is 5.97 Å². The van der Waals surface area contributed by atoms with Gasteiger partial charge < -0.3 is 10.1 Å². The van der Waals surface area contributed by atoms with Gasteiger partial charge in [-0.05, 0) is 24.1 Å². The van der Waals surface area contributed by atoms with Gasteiger partial charge in [-0.2, -0.15) is 0 Å². The minimum Gasteiger partial charge on any atom is -0.465 e. The van der Waals surface area contributed by atoms with Crippen LogP contribution in [0.3, 0.4) is 0 Å². The summed E-state index contributed by atoms with van der Waals surface area (Å²) >= 11 is 0. The molecule has 20 heavy (non-hydrogen) atoms. The molecule has 1 fully saturated rings. The van der Waals surface area contributed by atoms with Gasteiger partial charge in [-0.15, -0.1) is 0 Å². The number of carbonyl (C=O) groups excluding carboxylic acids is 1. The molecule has 0 amide bonds. The quantitative estimate of drug-likeness (QED) is 0.836. The van der Waals surface area contributed by atoms with E-state index in [1.807, 2.05) is 24.3 Å². The van der Waals surface area contributed by atoms with Crippen molar-refractivity contribution in [1.82, 2.24) is 10.2 Å². The highest BCUT2D eigenvalue weighted by atomic mass is 16.5. The van der Waals surface area contributed by atoms with Crippen molar-refractivity contribution in [3.05, 3.63) is 35.4 Å². The van der Waals surface area contributed by atoms with Crippen LogP contribution in [0.4, 0.5) is 0 Å². The van der Waals surface area contributed by atoms with Crippen LogP contribution < -0.4 is 5.32 Å². The highest BCUT2D eigenvalue weighted by Gasteiger charge is 2.21. The predicted molar refractivity (Wildman–Crippen MR) is 79.8 cm³/mol. The van der Waals surface area contributed by atoms with E-state index in [0.29, 0.717) is 11.6 Å². The molecule has 1 heterocycles. The molecule has 4 nitrogen and oxygen atoms in total. The molecule has 0 radical (unpaired) electrons. The molecule has 0 spiro atoms. The average molecular weight is 276 g/mol. The van der Waals surface area contributed by atoms with E-state index in [9.17, 15) is 4.79 Å². The topological polar surface area (TPSA) is 41.6 Å². The molecule has 0 aromatic heterocycles. The maximum Gasteiger partial charge on any atom is 0.337 e. The number of piperazine rings is 1. The van der Waals surface area contributed by atoms with E-state index in [0.717, 1.165) is 26.2 Å². The second-order valence-electron chi connectivity index (χ2n) is 5.31. The number of carbonyl (C=O) groups is 1. The first-order valence-electron chi connectivity index (χ1n) is 7.36. The number of esters is 1. The van der Waals surface area contributed by atoms with E-state index in [1.54, 1.807) is 0 Å². The largest absolute Gasteiger partial charge is 0.465 e. The average Bonchev–Trinajstić information content (AvgIpc) is 2.49. The molecule has 0 bridgehead atoms. The zero-order valence-corrected chi connectivity index (χ0v) is 12.4. The van der Waals surface area contributed by atoms with Gasteiger partial charge >= 0.3 is 5.97 Å². The van der Waals surface area contributed by atoms with Gasteiger partial charge in [0.1, 0.15) is 0 Å². The molecule has 0 saturated carbocycles. The minimum absolute atomic E-state index is 0.275. The molecule has 1 aliphatic heterocycles. The Morgan fingerprint density at radius 2 is 2.15 bits per heavy atom. The van der Waals surface area contributed by atoms with Gasteiger partial charge in [0.15, 0.2) is 0 Å². The minimum atomic E-state index is -0.275. The van der Waals surface area contributed by atoms with E-state index < -0.39 is 0 Å². The summed E-state index contributed by atoms with van der Waals surface area (Å²) in [6, 6.07) is 8.36. The van der Waals surface area contributed by atoms with Crippen molar-refractivity contribution in [1.29, 1.82) is 0 Å². The molecule has 1 saturated heterocycles. The highest BCUT2D eigenvalue weighted by Crippen LogP contribution is 2.15. The Morgan fingerprint density at radius 1 is 1.40 bits per heavy atom. The van der Waals surface area contributed by atoms with Crippen LogP contribution in [0, 0.1) is 0 Å². The van der Waals surface area contributed by atoms with Crippen molar-refractivity contribution in [2.75, 3.05) is 26.7 Å². The lowest BCUT2D eigenvalue weighted by Crippen LogP contribution is -2.50. The molecule has 110 valence electrons. The number of nitrogens with one attached hydrogen (secondary N) is 1. The van der Waals surface area contributed by atoms with Crippen LogP contribution in [0.1, 0.15) is 35.7 Å². The van der Waals surface area contributed by atoms with Gasteiger partial charge in [0.25, 0.3) is 0 Å². The summed E-state index contributed by atoms with van der Waals surface area (Å²) in [5.74, 6) is -0.275. The molecule has 1 atom stereocenters. The molecule has 1 aromatic carbocycles. The molecule has 1 aromatic rings. The molecule has 2 rings (SSSR count). The molecule has 1 unspecified atom stereocenters. The molecular formula is C16H24N2O2. The summed E-state index contributed by atoms with van der Waals surface area (Å²) in [7, 11) is 1.41. The van der Waals surface area contributed by atoms with Gasteiger partial charge in [0, 0.05) is 32.2 Å². The van der Waals surface area contributed by atoms with Crippen LogP contribution in [0.25, 0.3) is 0 Å². The standard InChI is InChI=1S/C16H24N2O2/c1-3-4-15-11-17-9-10-18(15)12-13-5-7-14(8-6-13)16(19)20-2/h5-8,15,17H,3-4,9-12H2,1-2H3. The number of ether oxygens (including phenoxy) is 1. The molecule has 0 aliphatic carbocycles. The van der Waals surface area contributed by atoms with Crippen LogP contribution in [-0.4, -0.2) is 43.7 Å². The first-order valence-corrected chi connectivity index (χ1v) is 7.36. The summed E-state index contributed by atoms with van der Waals surface area (Å²) in [6.07, 6.45) is 2.44. The molecule has 4 heteroatoms. The summed E-state index contributed by atoms with van der Waals surface area (Å²) < 4.78 is 4.72. The maximum absolute atomic E-state index is 11.4. The van der Waals surface area contributed by atoms with Gasteiger partial charge in [-0.25, -0.2) is 4.79 Å². The Kier molecular flexibility index (Phi) is 5.56. The van der Waals surface area contributed by atoms with Crippen molar-refractivity contribution >= 4 is 5.97 Å². The van der Waals surface area contributed by atoms with Gasteiger partial charge in [-0.1, -0.05) is 25.5 Å². The van der Waals surface area contributed by atoms with Crippen LogP contribution >= 0.6 is 0 Å². The van der Waals surface area contributed by atoms with E-state index >= 15 is 0 Å². The van der Waals surface area contributed by atoms with Crippen LogP contribution in [0.15, 0.2) is 24.3 Å². The summed E-state index contributed by atoms with van der Waals surface area (Å²) in [5.41, 5.74) is 1.86. The molecule has 1 aliphatic rings. The van der Waals surface area contributed by atoms with Crippen LogP contribution in [0.2, 0.25) is 0 Å². The Bertz CT molecular complexity index is 429. The number of nitrogens with zero attached hydrogens (tertiary/aromatic N) is 1. The Morgan fingerprint density at radius 3 is 2.80 bits per heavy atom. The monoisotopic (exact) mass is 276 g/mol. The SMILES string of the molecule is CCCC1CNCCN1Cc1ccc(C(=O)OC)cc1. The summed E-state index contributed by atoms with van der Waals surface area (Å²) in [6.45, 7) is 6.41. The Hall–Kier alpha value is -1.39. The Labute approximate surface area is 121 Å². The first kappa shape index (κ1) is 15.0. The Balaban J connectivity index is 1.99. The van der Waals surface area contributed by atoms with Crippen molar-refractivity contribution in [3.8, 4) is 0 Å². The fourth-order valence-electron chi connectivity index (χ4n) is 2.73. The summed E-state index contributed by atoms with van der Waals surface area (Å²) in [4.78, 5) is 13.9. The number of rotatable bonds is 5. The smallest absolute Gasteiger partial charge is 0.337 e. The van der Waals surface area contributed by atoms with E-state index in [1.165, 1.54) is 25.5 Å². The summed E-state index contributed by atoms with van der Waals surface area (Å²) in [5, 5.41) is 3.46. The van der Waals surface area contributed by atoms with Crippen LogP contribution in [0.5, 0.6) is 0 Å². The fraction of sp³-hybridized carbons (Fsp3) is 0.562. The van der Waals surface area contributed by atoms with Gasteiger partial charge in [0.05, 0.1) is 12.7 Å². The maximum atomic E-state index is 11.4. The lowest BCUT2D eigenvalue weighted by Gasteiger charge is -2.36. The number of methoxy groups -OCH3 is 1. The third kappa shape index (κ3) is 3.81. The zero-order valence-electron chi connectivity index (χ0n) is 12.4. The van der Waals surface area contributed by atoms with Gasteiger partial charge in [-0.3, -0.25) is 4.90 Å². The van der Waals surface area contributed by atoms with Crippen LogP contribution in [-0.2, 0) is 11.3 Å². The van der Waals surface area contributed by atoms with Crippen molar-refractivity contribution < 1.29 is 9.53 Å². The molecular weight excluding hydrogens is 252 g/mol. The van der Waals surface area contributed by atoms with Gasteiger partial charge in [0.2, 0.25) is 0 Å². The normalized spacial score (nSPS) is 19.8. The zero-order chi connectivity index (χ0) is 14.4. The number of hydrogen-bond donors (Lipinski definition) is 1. The third-order valence-electron chi connectivity index (χ3n) is 3.85. The van der Waals surface area contributed by atoms with Crippen molar-refractivity contribution in [2.45, 2.75) is 32.4 Å². The highest BCUT2D eigenvalue weighted by molar-refractivity contribution is 5.89. The van der Waals surface area contributed by atoms with Crippen molar-refractivity contribution in [2.24, 2.45) is 0 Å². The fourth-order valence-corrected chi connectivity index (χ4v) is 2.73. The van der Waals surface area contributed by atoms with Crippen molar-refractivity contribution in [3.63, 3.8) is 0 Å². The second-order valence-corrected chi connectivity index (χ2v) is 5.31. The molecule has 1 N–H and O–H groups in total. The predicted octanol–water partition coefficient (Wildman–Crippen LogP) is 2.05. The van der Waals surface area contributed by atoms with E-state index in [2.05, 4.69) is 17.1 Å². The third-order valence-corrected chi connectivity index (χ3v) is 3.85. The number of benzene rings is 1.